The number of ether oxygens (including phenoxy) is 1. The van der Waals surface area contributed by atoms with E-state index in [1.165, 1.54) is 0 Å². The van der Waals surface area contributed by atoms with Crippen LogP contribution in [0.1, 0.15) is 67.7 Å². The van der Waals surface area contributed by atoms with Crippen LogP contribution in [0.5, 0.6) is 5.75 Å². The smallest absolute Gasteiger partial charge is 0.258 e. The molecule has 3 aromatic rings. The lowest BCUT2D eigenvalue weighted by Gasteiger charge is -2.31. The molecule has 0 bridgehead atoms. The van der Waals surface area contributed by atoms with Crippen LogP contribution in [0.2, 0.25) is 5.02 Å². The van der Waals surface area contributed by atoms with E-state index in [9.17, 15) is 9.59 Å². The number of hydrogen-bond donors (Lipinski definition) is 1. The first-order valence-electron chi connectivity index (χ1n) is 13.0. The monoisotopic (exact) mass is 507 g/mol. The lowest BCUT2D eigenvalue weighted by molar-refractivity contribution is 0.0914. The van der Waals surface area contributed by atoms with Gasteiger partial charge < -0.3 is 14.6 Å². The van der Waals surface area contributed by atoms with Gasteiger partial charge in [-0.1, -0.05) is 23.7 Å². The number of para-hydroxylation sites is 1. The highest BCUT2D eigenvalue weighted by atomic mass is 35.5. The number of halogens is 1. The highest BCUT2D eigenvalue weighted by Gasteiger charge is 2.34. The Morgan fingerprint density at radius 3 is 2.78 bits per heavy atom. The third-order valence-electron chi connectivity index (χ3n) is 7.41. The van der Waals surface area contributed by atoms with Crippen LogP contribution < -0.4 is 10.3 Å². The molecule has 190 valence electrons. The van der Waals surface area contributed by atoms with Crippen LogP contribution >= 0.6 is 11.6 Å². The molecule has 0 unspecified atom stereocenters. The minimum atomic E-state index is -0.299. The summed E-state index contributed by atoms with van der Waals surface area (Å²) < 4.78 is 6.11. The number of benzene rings is 2. The summed E-state index contributed by atoms with van der Waals surface area (Å²) in [4.78, 5) is 35.4. The third-order valence-corrected chi connectivity index (χ3v) is 7.62. The van der Waals surface area contributed by atoms with Crippen molar-refractivity contribution in [2.24, 2.45) is 5.92 Å². The molecule has 1 fully saturated rings. The first-order chi connectivity index (χ1) is 17.3. The number of ketones is 1. The van der Waals surface area contributed by atoms with Crippen LogP contribution in [0.3, 0.4) is 0 Å². The molecule has 2 aliphatic heterocycles. The number of nitrogens with one attached hydrogen (secondary N) is 1. The Bertz CT molecular complexity index is 1330. The van der Waals surface area contributed by atoms with Gasteiger partial charge in [0.2, 0.25) is 0 Å². The molecule has 1 aromatic heterocycles. The van der Waals surface area contributed by atoms with Crippen molar-refractivity contribution in [1.29, 1.82) is 0 Å². The van der Waals surface area contributed by atoms with Crippen LogP contribution in [0.25, 0.3) is 10.9 Å². The number of carbonyl (C=O) groups is 1. The summed E-state index contributed by atoms with van der Waals surface area (Å²) >= 11 is 6.32. The molecule has 36 heavy (non-hydrogen) atoms. The van der Waals surface area contributed by atoms with Crippen molar-refractivity contribution in [3.05, 3.63) is 68.7 Å². The molecular weight excluding hydrogens is 474 g/mol. The van der Waals surface area contributed by atoms with E-state index in [-0.39, 0.29) is 16.9 Å². The van der Waals surface area contributed by atoms with Crippen molar-refractivity contribution in [2.75, 3.05) is 19.6 Å². The maximum atomic E-state index is 13.2. The maximum absolute atomic E-state index is 13.2. The Morgan fingerprint density at radius 1 is 1.19 bits per heavy atom. The van der Waals surface area contributed by atoms with Gasteiger partial charge in [0, 0.05) is 29.8 Å². The molecule has 2 aliphatic rings. The fraction of sp³-hybridized carbons (Fsp3) is 0.483. The van der Waals surface area contributed by atoms with Crippen LogP contribution in [-0.4, -0.2) is 45.9 Å². The normalized spacial score (nSPS) is 17.8. The molecule has 0 aliphatic carbocycles. The number of fused-ring (bicyclic) bond motifs is 2. The number of Topliss-reactive ketones (excluding diaryl/α,β-unsaturated/α-hetero) is 1. The second-order valence-corrected chi connectivity index (χ2v) is 11.3. The summed E-state index contributed by atoms with van der Waals surface area (Å²) in [6.45, 7) is 7.15. The van der Waals surface area contributed by atoms with E-state index in [1.54, 1.807) is 12.1 Å². The molecule has 1 N–H and O–H groups in total. The van der Waals surface area contributed by atoms with Gasteiger partial charge in [0.15, 0.2) is 5.78 Å². The van der Waals surface area contributed by atoms with Gasteiger partial charge in [-0.15, -0.1) is 0 Å². The summed E-state index contributed by atoms with van der Waals surface area (Å²) in [5.41, 5.74) is 2.07. The summed E-state index contributed by atoms with van der Waals surface area (Å²) in [5, 5.41) is 1.25. The number of aromatic amines is 1. The largest absolute Gasteiger partial charge is 0.486 e. The molecule has 1 saturated heterocycles. The minimum Gasteiger partial charge on any atom is -0.486 e. The van der Waals surface area contributed by atoms with Crippen LogP contribution in [0.4, 0.5) is 0 Å². The predicted octanol–water partition coefficient (Wildman–Crippen LogP) is 5.60. The Morgan fingerprint density at radius 2 is 1.97 bits per heavy atom. The van der Waals surface area contributed by atoms with Crippen molar-refractivity contribution in [3.63, 3.8) is 0 Å². The van der Waals surface area contributed by atoms with E-state index >= 15 is 0 Å². The fourth-order valence-electron chi connectivity index (χ4n) is 5.55. The number of aromatic nitrogens is 2. The minimum absolute atomic E-state index is 0.0646. The molecule has 0 atom stereocenters. The maximum Gasteiger partial charge on any atom is 0.258 e. The van der Waals surface area contributed by atoms with Gasteiger partial charge in [-0.2, -0.15) is 0 Å². The van der Waals surface area contributed by atoms with E-state index in [0.717, 1.165) is 80.8 Å². The summed E-state index contributed by atoms with van der Waals surface area (Å²) in [7, 11) is 0. The predicted molar refractivity (Wildman–Crippen MR) is 143 cm³/mol. The number of aryl methyl sites for hydroxylation is 1. The quantitative estimate of drug-likeness (QED) is 0.317. The van der Waals surface area contributed by atoms with Crippen molar-refractivity contribution >= 4 is 28.3 Å². The average Bonchev–Trinajstić information content (AvgIpc) is 3.16. The van der Waals surface area contributed by atoms with E-state index < -0.39 is 0 Å². The van der Waals surface area contributed by atoms with E-state index in [1.807, 2.05) is 38.1 Å². The highest BCUT2D eigenvalue weighted by Crippen LogP contribution is 2.40. The molecule has 0 amide bonds. The molecule has 0 saturated carbocycles. The van der Waals surface area contributed by atoms with Crippen LogP contribution in [-0.2, 0) is 12.8 Å². The third kappa shape index (κ3) is 5.65. The first-order valence-corrected chi connectivity index (χ1v) is 13.4. The number of H-pyrrole nitrogens is 1. The second-order valence-electron chi connectivity index (χ2n) is 10.9. The zero-order valence-corrected chi connectivity index (χ0v) is 21.9. The van der Waals surface area contributed by atoms with Crippen molar-refractivity contribution in [2.45, 2.75) is 64.4 Å². The number of hydrogen-bond acceptors (Lipinski definition) is 5. The number of piperidine rings is 1. The SMILES string of the molecule is CC1(C)Cc2cc(Cl)cc(C(=O)CC3CCN(CCCCc4nc5ccccc5c(=O)[nH]4)CC3)c2O1. The van der Waals surface area contributed by atoms with Gasteiger partial charge in [-0.25, -0.2) is 4.98 Å². The topological polar surface area (TPSA) is 75.3 Å². The molecule has 6 nitrogen and oxygen atoms in total. The van der Waals surface area contributed by atoms with Gasteiger partial charge in [0.05, 0.1) is 16.5 Å². The fourth-order valence-corrected chi connectivity index (χ4v) is 5.79. The summed E-state index contributed by atoms with van der Waals surface area (Å²) in [6.07, 6.45) is 6.19. The lowest BCUT2D eigenvalue weighted by atomic mass is 9.89. The van der Waals surface area contributed by atoms with E-state index in [2.05, 4.69) is 14.9 Å². The Labute approximate surface area is 217 Å². The van der Waals surface area contributed by atoms with E-state index in [4.69, 9.17) is 16.3 Å². The number of rotatable bonds is 8. The zero-order valence-electron chi connectivity index (χ0n) is 21.1. The second kappa shape index (κ2) is 10.3. The molecule has 5 rings (SSSR count). The van der Waals surface area contributed by atoms with E-state index in [0.29, 0.717) is 28.3 Å². The first kappa shape index (κ1) is 25.0. The Hall–Kier alpha value is -2.70. The van der Waals surface area contributed by atoms with Gasteiger partial charge in [0.1, 0.15) is 17.2 Å². The summed E-state index contributed by atoms with van der Waals surface area (Å²) in [6, 6.07) is 11.2. The van der Waals surface area contributed by atoms with Crippen molar-refractivity contribution < 1.29 is 9.53 Å². The van der Waals surface area contributed by atoms with Crippen LogP contribution in [0, 0.1) is 5.92 Å². The molecule has 0 spiro atoms. The number of unbranched alkanes of at least 4 members (excludes halogenated alkanes) is 1. The van der Waals surface area contributed by atoms with Crippen LogP contribution in [0.15, 0.2) is 41.2 Å². The number of carbonyl (C=O) groups excluding carboxylic acids is 1. The Kier molecular flexibility index (Phi) is 7.18. The Balaban J connectivity index is 1.08. The average molecular weight is 508 g/mol. The van der Waals surface area contributed by atoms with Gasteiger partial charge in [-0.3, -0.25) is 9.59 Å². The zero-order chi connectivity index (χ0) is 25.3. The highest BCUT2D eigenvalue weighted by molar-refractivity contribution is 6.31. The molecule has 7 heteroatoms. The molecule has 3 heterocycles. The lowest BCUT2D eigenvalue weighted by Crippen LogP contribution is -2.35. The van der Waals surface area contributed by atoms with Gasteiger partial charge in [-0.05, 0) is 89.3 Å². The number of nitrogens with zero attached hydrogens (tertiary/aromatic N) is 2. The molecular formula is C29H34ClN3O3. The molecule has 0 radical (unpaired) electrons. The molecule has 2 aromatic carbocycles. The summed E-state index contributed by atoms with van der Waals surface area (Å²) in [5.74, 6) is 2.02. The number of likely N-dealkylation sites (tertiary alicyclic amines) is 1. The van der Waals surface area contributed by atoms with Gasteiger partial charge in [0.25, 0.3) is 5.56 Å². The standard InChI is InChI=1S/C29H34ClN3O3/c1-29(2)18-20-16-21(30)17-23(27(20)36-29)25(34)15-19-10-13-33(14-11-19)12-6-5-9-26-31-24-8-4-3-7-22(24)28(35)32-26/h3-4,7-8,16-17,19H,5-6,9-15,18H2,1-2H3,(H,31,32,35). The van der Waals surface area contributed by atoms with Crippen molar-refractivity contribution in [3.8, 4) is 5.75 Å². The van der Waals surface area contributed by atoms with Crippen molar-refractivity contribution in [1.82, 2.24) is 14.9 Å². The van der Waals surface area contributed by atoms with Gasteiger partial charge >= 0.3 is 0 Å².